The van der Waals surface area contributed by atoms with Crippen molar-refractivity contribution in [1.82, 2.24) is 0 Å². The first kappa shape index (κ1) is 19.9. The van der Waals surface area contributed by atoms with Crippen LogP contribution in [0.25, 0.3) is 0 Å². The molecule has 0 saturated heterocycles. The SMILES string of the molecule is CCOC(Cc1ccc(OCCN2CC(=O)Cc3ccccc32)cc1)C(=O)O. The maximum Gasteiger partial charge on any atom is 0.333 e. The van der Waals surface area contributed by atoms with Gasteiger partial charge in [-0.15, -0.1) is 0 Å². The molecular formula is C22H25NO5. The third kappa shape index (κ3) is 5.10. The first-order valence-electron chi connectivity index (χ1n) is 9.47. The van der Waals surface area contributed by atoms with Crippen molar-refractivity contribution in [1.29, 1.82) is 0 Å². The molecule has 0 bridgehead atoms. The van der Waals surface area contributed by atoms with Gasteiger partial charge in [0.25, 0.3) is 0 Å². The van der Waals surface area contributed by atoms with Crippen molar-refractivity contribution in [2.45, 2.75) is 25.9 Å². The minimum atomic E-state index is -0.960. The van der Waals surface area contributed by atoms with Crippen LogP contribution in [0.4, 0.5) is 5.69 Å². The molecule has 0 spiro atoms. The Kier molecular flexibility index (Phi) is 6.66. The molecule has 148 valence electrons. The summed E-state index contributed by atoms with van der Waals surface area (Å²) in [5, 5.41) is 9.17. The predicted octanol–water partition coefficient (Wildman–Crippen LogP) is 2.73. The standard InChI is InChI=1S/C22H25NO5/c1-2-27-21(22(25)26)13-16-7-9-19(10-8-16)28-12-11-23-15-18(24)14-17-5-3-4-6-20(17)23/h3-10,21H,2,11-15H2,1H3,(H,25,26). The zero-order valence-electron chi connectivity index (χ0n) is 16.0. The number of hydrogen-bond acceptors (Lipinski definition) is 5. The van der Waals surface area contributed by atoms with Crippen molar-refractivity contribution in [2.75, 3.05) is 31.2 Å². The lowest BCUT2D eigenvalue weighted by Crippen LogP contribution is -2.38. The summed E-state index contributed by atoms with van der Waals surface area (Å²) in [5.74, 6) is -0.0347. The maximum absolute atomic E-state index is 12.0. The molecule has 1 atom stereocenters. The third-order valence-electron chi connectivity index (χ3n) is 4.70. The average molecular weight is 383 g/mol. The summed E-state index contributed by atoms with van der Waals surface area (Å²) >= 11 is 0. The van der Waals surface area contributed by atoms with Crippen LogP contribution >= 0.6 is 0 Å². The average Bonchev–Trinajstić information content (AvgIpc) is 2.68. The second-order valence-corrected chi connectivity index (χ2v) is 6.74. The quantitative estimate of drug-likeness (QED) is 0.718. The van der Waals surface area contributed by atoms with E-state index in [1.165, 1.54) is 0 Å². The predicted molar refractivity (Wildman–Crippen MR) is 106 cm³/mol. The van der Waals surface area contributed by atoms with Crippen LogP contribution in [0.15, 0.2) is 48.5 Å². The van der Waals surface area contributed by atoms with Crippen LogP contribution in [0.5, 0.6) is 5.75 Å². The normalized spacial score (nSPS) is 14.5. The highest BCUT2D eigenvalue weighted by atomic mass is 16.5. The molecule has 3 rings (SSSR count). The third-order valence-corrected chi connectivity index (χ3v) is 4.70. The molecular weight excluding hydrogens is 358 g/mol. The molecule has 1 aliphatic heterocycles. The number of para-hydroxylation sites is 1. The van der Waals surface area contributed by atoms with Crippen molar-refractivity contribution in [2.24, 2.45) is 0 Å². The second kappa shape index (κ2) is 9.37. The van der Waals surface area contributed by atoms with E-state index in [1.54, 1.807) is 6.92 Å². The van der Waals surface area contributed by atoms with Crippen molar-refractivity contribution in [3.63, 3.8) is 0 Å². The molecule has 0 aromatic heterocycles. The van der Waals surface area contributed by atoms with E-state index in [1.807, 2.05) is 48.5 Å². The topological polar surface area (TPSA) is 76.1 Å². The number of carbonyl (C=O) groups excluding carboxylic acids is 1. The van der Waals surface area contributed by atoms with E-state index < -0.39 is 12.1 Å². The minimum absolute atomic E-state index is 0.213. The fraction of sp³-hybridized carbons (Fsp3) is 0.364. The summed E-state index contributed by atoms with van der Waals surface area (Å²) in [4.78, 5) is 25.2. The Morgan fingerprint density at radius 2 is 1.93 bits per heavy atom. The fourth-order valence-electron chi connectivity index (χ4n) is 3.36. The molecule has 0 saturated carbocycles. The van der Waals surface area contributed by atoms with Gasteiger partial charge in [-0.3, -0.25) is 4.79 Å². The molecule has 6 nitrogen and oxygen atoms in total. The van der Waals surface area contributed by atoms with E-state index in [4.69, 9.17) is 9.47 Å². The Balaban J connectivity index is 1.53. The lowest BCUT2D eigenvalue weighted by Gasteiger charge is -2.30. The number of rotatable bonds is 9. The van der Waals surface area contributed by atoms with Gasteiger partial charge in [-0.1, -0.05) is 30.3 Å². The Hall–Kier alpha value is -2.86. The van der Waals surface area contributed by atoms with E-state index in [-0.39, 0.29) is 5.78 Å². The van der Waals surface area contributed by atoms with Gasteiger partial charge in [-0.25, -0.2) is 4.79 Å². The molecule has 2 aromatic carbocycles. The lowest BCUT2D eigenvalue weighted by molar-refractivity contribution is -0.149. The van der Waals surface area contributed by atoms with Crippen molar-refractivity contribution in [3.05, 3.63) is 59.7 Å². The summed E-state index contributed by atoms with van der Waals surface area (Å²) in [7, 11) is 0. The van der Waals surface area contributed by atoms with E-state index in [0.29, 0.717) is 44.9 Å². The largest absolute Gasteiger partial charge is 0.492 e. The molecule has 1 aliphatic rings. The molecule has 28 heavy (non-hydrogen) atoms. The smallest absolute Gasteiger partial charge is 0.333 e. The number of ketones is 1. The highest BCUT2D eigenvalue weighted by molar-refractivity contribution is 5.90. The van der Waals surface area contributed by atoms with Crippen LogP contribution in [0.3, 0.4) is 0 Å². The molecule has 0 aliphatic carbocycles. The van der Waals surface area contributed by atoms with Crippen LogP contribution in [0.2, 0.25) is 0 Å². The maximum atomic E-state index is 12.0. The number of ether oxygens (including phenoxy) is 2. The summed E-state index contributed by atoms with van der Waals surface area (Å²) < 4.78 is 11.1. The van der Waals surface area contributed by atoms with Crippen LogP contribution in [-0.2, 0) is 27.2 Å². The van der Waals surface area contributed by atoms with Crippen LogP contribution < -0.4 is 9.64 Å². The highest BCUT2D eigenvalue weighted by Crippen LogP contribution is 2.25. The van der Waals surface area contributed by atoms with Gasteiger partial charge >= 0.3 is 5.97 Å². The van der Waals surface area contributed by atoms with Gasteiger partial charge in [0.1, 0.15) is 12.4 Å². The van der Waals surface area contributed by atoms with E-state index in [0.717, 1.165) is 16.8 Å². The monoisotopic (exact) mass is 383 g/mol. The van der Waals surface area contributed by atoms with Crippen LogP contribution in [-0.4, -0.2) is 49.3 Å². The van der Waals surface area contributed by atoms with Crippen LogP contribution in [0, 0.1) is 0 Å². The van der Waals surface area contributed by atoms with Crippen LogP contribution in [0.1, 0.15) is 18.1 Å². The second-order valence-electron chi connectivity index (χ2n) is 6.74. The van der Waals surface area contributed by atoms with Crippen molar-refractivity contribution in [3.8, 4) is 5.75 Å². The first-order chi connectivity index (χ1) is 13.6. The summed E-state index contributed by atoms with van der Waals surface area (Å²) in [6.45, 7) is 3.63. The van der Waals surface area contributed by atoms with Gasteiger partial charge in [0.15, 0.2) is 11.9 Å². The number of anilines is 1. The Bertz CT molecular complexity index is 818. The molecule has 2 aromatic rings. The van der Waals surface area contributed by atoms with Crippen molar-refractivity contribution < 1.29 is 24.2 Å². The van der Waals surface area contributed by atoms with Gasteiger partial charge in [-0.2, -0.15) is 0 Å². The van der Waals surface area contributed by atoms with Gasteiger partial charge in [0.05, 0.1) is 13.1 Å². The van der Waals surface area contributed by atoms with Crippen molar-refractivity contribution >= 4 is 17.4 Å². The number of carbonyl (C=O) groups is 2. The number of Topliss-reactive ketones (excluding diaryl/α,β-unsaturated/α-hetero) is 1. The van der Waals surface area contributed by atoms with Gasteiger partial charge in [0, 0.05) is 25.1 Å². The number of carboxylic acid groups (broad SMARTS) is 1. The van der Waals surface area contributed by atoms with E-state index >= 15 is 0 Å². The zero-order valence-corrected chi connectivity index (χ0v) is 16.0. The van der Waals surface area contributed by atoms with E-state index in [2.05, 4.69) is 4.90 Å². The number of benzene rings is 2. The van der Waals surface area contributed by atoms with Gasteiger partial charge in [0.2, 0.25) is 0 Å². The number of carboxylic acids is 1. The minimum Gasteiger partial charge on any atom is -0.492 e. The zero-order chi connectivity index (χ0) is 19.9. The summed E-state index contributed by atoms with van der Waals surface area (Å²) in [6.07, 6.45) is -0.0297. The summed E-state index contributed by atoms with van der Waals surface area (Å²) in [6, 6.07) is 15.3. The van der Waals surface area contributed by atoms with Gasteiger partial charge in [-0.05, 0) is 36.2 Å². The highest BCUT2D eigenvalue weighted by Gasteiger charge is 2.21. The number of aliphatic carboxylic acids is 1. The lowest BCUT2D eigenvalue weighted by atomic mass is 10.0. The molecule has 6 heteroatoms. The number of fused-ring (bicyclic) bond motifs is 1. The number of nitrogens with zero attached hydrogens (tertiary/aromatic N) is 1. The Morgan fingerprint density at radius 3 is 2.64 bits per heavy atom. The number of hydrogen-bond donors (Lipinski definition) is 1. The molecule has 1 heterocycles. The molecule has 0 radical (unpaired) electrons. The molecule has 0 fully saturated rings. The molecule has 1 unspecified atom stereocenters. The summed E-state index contributed by atoms with van der Waals surface area (Å²) in [5.41, 5.74) is 3.03. The Labute approximate surface area is 164 Å². The molecule has 1 N–H and O–H groups in total. The molecule has 0 amide bonds. The Morgan fingerprint density at radius 1 is 1.18 bits per heavy atom. The first-order valence-corrected chi connectivity index (χ1v) is 9.47. The fourth-order valence-corrected chi connectivity index (χ4v) is 3.36. The van der Waals surface area contributed by atoms with Gasteiger partial charge < -0.3 is 19.5 Å². The van der Waals surface area contributed by atoms with E-state index in [9.17, 15) is 14.7 Å².